The predicted octanol–water partition coefficient (Wildman–Crippen LogP) is 3.45. The molecular formula is C16H14ClN3. The van der Waals surface area contributed by atoms with Crippen LogP contribution in [0.2, 0.25) is 5.02 Å². The van der Waals surface area contributed by atoms with Crippen molar-refractivity contribution in [3.8, 4) is 11.3 Å². The minimum absolute atomic E-state index is 0.577. The molecule has 0 saturated carbocycles. The molecule has 0 saturated heterocycles. The molecule has 0 spiro atoms. The lowest BCUT2D eigenvalue weighted by atomic mass is 9.98. The van der Waals surface area contributed by atoms with Gasteiger partial charge in [0.1, 0.15) is 0 Å². The van der Waals surface area contributed by atoms with Gasteiger partial charge in [0.15, 0.2) is 0 Å². The van der Waals surface area contributed by atoms with Gasteiger partial charge in [0, 0.05) is 23.3 Å². The maximum atomic E-state index is 6.24. The maximum Gasteiger partial charge on any atom is 0.0895 e. The smallest absolute Gasteiger partial charge is 0.0895 e. The lowest BCUT2D eigenvalue weighted by Gasteiger charge is -2.12. The molecule has 0 amide bonds. The Morgan fingerprint density at radius 1 is 1.05 bits per heavy atom. The first-order chi connectivity index (χ1) is 9.81. The van der Waals surface area contributed by atoms with Crippen molar-refractivity contribution in [1.29, 1.82) is 0 Å². The topological polar surface area (TPSA) is 51.8 Å². The Hall–Kier alpha value is -1.97. The van der Waals surface area contributed by atoms with E-state index in [0.29, 0.717) is 11.6 Å². The van der Waals surface area contributed by atoms with E-state index in [-0.39, 0.29) is 0 Å². The van der Waals surface area contributed by atoms with Crippen molar-refractivity contribution in [3.05, 3.63) is 59.4 Å². The van der Waals surface area contributed by atoms with Crippen molar-refractivity contribution >= 4 is 22.5 Å². The van der Waals surface area contributed by atoms with Crippen molar-refractivity contribution in [3.63, 3.8) is 0 Å². The van der Waals surface area contributed by atoms with E-state index in [1.54, 1.807) is 6.20 Å². The fourth-order valence-electron chi connectivity index (χ4n) is 2.39. The number of nitrogens with zero attached hydrogens (tertiary/aromatic N) is 2. The highest BCUT2D eigenvalue weighted by Gasteiger charge is 2.13. The second-order valence-electron chi connectivity index (χ2n) is 4.55. The van der Waals surface area contributed by atoms with Crippen molar-refractivity contribution in [2.45, 2.75) is 6.42 Å². The molecule has 20 heavy (non-hydrogen) atoms. The molecular weight excluding hydrogens is 270 g/mol. The van der Waals surface area contributed by atoms with Crippen LogP contribution in [-0.2, 0) is 6.42 Å². The molecule has 0 aliphatic carbocycles. The van der Waals surface area contributed by atoms with E-state index in [9.17, 15) is 0 Å². The molecule has 0 unspecified atom stereocenters. The fraction of sp³-hybridized carbons (Fsp3) is 0.125. The Kier molecular flexibility index (Phi) is 3.63. The number of fused-ring (bicyclic) bond motifs is 1. The molecule has 3 rings (SSSR count). The van der Waals surface area contributed by atoms with Crippen LogP contribution in [0.15, 0.2) is 48.8 Å². The summed E-state index contributed by atoms with van der Waals surface area (Å²) in [7, 11) is 0. The summed E-state index contributed by atoms with van der Waals surface area (Å²) in [5.74, 6) is 0. The van der Waals surface area contributed by atoms with Crippen LogP contribution in [-0.4, -0.2) is 16.5 Å². The minimum Gasteiger partial charge on any atom is -0.330 e. The third-order valence-electron chi connectivity index (χ3n) is 3.26. The third-order valence-corrected chi connectivity index (χ3v) is 3.57. The van der Waals surface area contributed by atoms with Gasteiger partial charge < -0.3 is 5.73 Å². The lowest BCUT2D eigenvalue weighted by Crippen LogP contribution is -2.05. The van der Waals surface area contributed by atoms with Gasteiger partial charge >= 0.3 is 0 Å². The van der Waals surface area contributed by atoms with Gasteiger partial charge in [0.2, 0.25) is 0 Å². The summed E-state index contributed by atoms with van der Waals surface area (Å²) in [5.41, 5.74) is 9.60. The van der Waals surface area contributed by atoms with Gasteiger partial charge in [-0.3, -0.25) is 9.97 Å². The standard InChI is InChI=1S/C16H14ClN3/c17-13-5-3-4-12-15(14-6-1-2-9-19-14)11(7-8-18)10-20-16(12)13/h1-6,9-10H,7-8,18H2. The van der Waals surface area contributed by atoms with Crippen LogP contribution in [0.4, 0.5) is 0 Å². The average molecular weight is 284 g/mol. The number of rotatable bonds is 3. The van der Waals surface area contributed by atoms with Crippen LogP contribution >= 0.6 is 11.6 Å². The average Bonchev–Trinajstić information content (AvgIpc) is 2.48. The van der Waals surface area contributed by atoms with Crippen LogP contribution in [0.1, 0.15) is 5.56 Å². The summed E-state index contributed by atoms with van der Waals surface area (Å²) in [6.45, 7) is 0.577. The summed E-state index contributed by atoms with van der Waals surface area (Å²) in [5, 5.41) is 1.67. The molecule has 2 aromatic heterocycles. The van der Waals surface area contributed by atoms with Crippen LogP contribution in [0.25, 0.3) is 22.2 Å². The molecule has 3 nitrogen and oxygen atoms in total. The summed E-state index contributed by atoms with van der Waals surface area (Å²) in [6.07, 6.45) is 4.41. The Bertz CT molecular complexity index is 741. The van der Waals surface area contributed by atoms with Crippen molar-refractivity contribution in [2.24, 2.45) is 5.73 Å². The van der Waals surface area contributed by atoms with Crippen LogP contribution < -0.4 is 5.73 Å². The Balaban J connectivity index is 2.35. The first-order valence-electron chi connectivity index (χ1n) is 6.49. The van der Waals surface area contributed by atoms with Gasteiger partial charge in [-0.1, -0.05) is 29.8 Å². The number of benzene rings is 1. The van der Waals surface area contributed by atoms with Gasteiger partial charge in [-0.25, -0.2) is 0 Å². The maximum absolute atomic E-state index is 6.24. The Morgan fingerprint density at radius 2 is 1.95 bits per heavy atom. The summed E-state index contributed by atoms with van der Waals surface area (Å²) >= 11 is 6.24. The van der Waals surface area contributed by atoms with E-state index in [1.165, 1.54) is 0 Å². The van der Waals surface area contributed by atoms with Gasteiger partial charge in [0.25, 0.3) is 0 Å². The minimum atomic E-state index is 0.577. The zero-order valence-electron chi connectivity index (χ0n) is 10.9. The zero-order chi connectivity index (χ0) is 13.9. The number of aromatic nitrogens is 2. The molecule has 0 atom stereocenters. The van der Waals surface area contributed by atoms with Gasteiger partial charge in [-0.15, -0.1) is 0 Å². The van der Waals surface area contributed by atoms with E-state index in [0.717, 1.165) is 34.1 Å². The number of nitrogens with two attached hydrogens (primary N) is 1. The van der Waals surface area contributed by atoms with E-state index in [1.807, 2.05) is 42.6 Å². The number of hydrogen-bond donors (Lipinski definition) is 1. The molecule has 2 N–H and O–H groups in total. The second kappa shape index (κ2) is 5.57. The Morgan fingerprint density at radius 3 is 2.70 bits per heavy atom. The monoisotopic (exact) mass is 283 g/mol. The van der Waals surface area contributed by atoms with Crippen LogP contribution in [0.3, 0.4) is 0 Å². The number of halogens is 1. The van der Waals surface area contributed by atoms with E-state index in [4.69, 9.17) is 17.3 Å². The normalized spacial score (nSPS) is 10.9. The SMILES string of the molecule is NCCc1cnc2c(Cl)cccc2c1-c1ccccn1. The van der Waals surface area contributed by atoms with Crippen LogP contribution in [0.5, 0.6) is 0 Å². The highest BCUT2D eigenvalue weighted by atomic mass is 35.5. The molecule has 2 heterocycles. The quantitative estimate of drug-likeness (QED) is 0.801. The molecule has 0 fully saturated rings. The van der Waals surface area contributed by atoms with Gasteiger partial charge in [0.05, 0.1) is 16.2 Å². The zero-order valence-corrected chi connectivity index (χ0v) is 11.6. The predicted molar refractivity (Wildman–Crippen MR) is 82.7 cm³/mol. The molecule has 0 aliphatic heterocycles. The Labute approximate surface area is 122 Å². The van der Waals surface area contributed by atoms with Gasteiger partial charge in [-0.2, -0.15) is 0 Å². The lowest BCUT2D eigenvalue weighted by molar-refractivity contribution is 0.963. The molecule has 0 aliphatic rings. The van der Waals surface area contributed by atoms with Crippen LogP contribution in [0, 0.1) is 0 Å². The highest BCUT2D eigenvalue weighted by Crippen LogP contribution is 2.32. The fourth-order valence-corrected chi connectivity index (χ4v) is 2.61. The molecule has 0 bridgehead atoms. The highest BCUT2D eigenvalue weighted by molar-refractivity contribution is 6.35. The van der Waals surface area contributed by atoms with E-state index in [2.05, 4.69) is 9.97 Å². The molecule has 3 aromatic rings. The molecule has 100 valence electrons. The number of hydrogen-bond acceptors (Lipinski definition) is 3. The van der Waals surface area contributed by atoms with Crippen molar-refractivity contribution in [2.75, 3.05) is 6.54 Å². The largest absolute Gasteiger partial charge is 0.330 e. The molecule has 0 radical (unpaired) electrons. The summed E-state index contributed by atoms with van der Waals surface area (Å²) in [4.78, 5) is 8.93. The van der Waals surface area contributed by atoms with E-state index < -0.39 is 0 Å². The second-order valence-corrected chi connectivity index (χ2v) is 4.96. The first kappa shape index (κ1) is 13.0. The first-order valence-corrected chi connectivity index (χ1v) is 6.86. The number of para-hydroxylation sites is 1. The molecule has 1 aromatic carbocycles. The van der Waals surface area contributed by atoms with Gasteiger partial charge in [-0.05, 0) is 36.7 Å². The number of pyridine rings is 2. The van der Waals surface area contributed by atoms with E-state index >= 15 is 0 Å². The van der Waals surface area contributed by atoms with Crippen molar-refractivity contribution < 1.29 is 0 Å². The summed E-state index contributed by atoms with van der Waals surface area (Å²) < 4.78 is 0. The molecule has 4 heteroatoms. The summed E-state index contributed by atoms with van der Waals surface area (Å²) in [6, 6.07) is 11.7. The third kappa shape index (κ3) is 2.26. The van der Waals surface area contributed by atoms with Crippen molar-refractivity contribution in [1.82, 2.24) is 9.97 Å².